The minimum Gasteiger partial charge on any atom is -0.508 e. The first kappa shape index (κ1) is 16.4. The molecule has 5 N–H and O–H groups in total. The first-order valence-electron chi connectivity index (χ1n) is 6.63. The molecule has 1 aromatic rings. The molecule has 5 nitrogen and oxygen atoms in total. The molecule has 0 unspecified atom stereocenters. The minimum absolute atomic E-state index is 0.228. The number of amidine groups is 1. The van der Waals surface area contributed by atoms with Crippen LogP contribution in [-0.2, 0) is 0 Å². The Morgan fingerprint density at radius 2 is 2.05 bits per heavy atom. The lowest BCUT2D eigenvalue weighted by Gasteiger charge is -2.13. The number of nitrogens with one attached hydrogen (secondary N) is 2. The van der Waals surface area contributed by atoms with Gasteiger partial charge in [-0.1, -0.05) is 19.1 Å². The van der Waals surface area contributed by atoms with Gasteiger partial charge in [0.05, 0.1) is 0 Å². The monoisotopic (exact) mass is 294 g/mol. The van der Waals surface area contributed by atoms with Crippen molar-refractivity contribution in [1.29, 1.82) is 0 Å². The van der Waals surface area contributed by atoms with Crippen molar-refractivity contribution < 1.29 is 5.11 Å². The summed E-state index contributed by atoms with van der Waals surface area (Å²) in [4.78, 5) is 4.43. The Balaban J connectivity index is 2.82. The molecule has 1 rings (SSSR count). The van der Waals surface area contributed by atoms with Gasteiger partial charge < -0.3 is 15.6 Å². The van der Waals surface area contributed by atoms with Gasteiger partial charge in [-0.3, -0.25) is 4.99 Å². The summed E-state index contributed by atoms with van der Waals surface area (Å²) in [6.07, 6.45) is 2.58. The summed E-state index contributed by atoms with van der Waals surface area (Å²) >= 11 is 1.39. The first-order valence-corrected chi connectivity index (χ1v) is 7.45. The Labute approximate surface area is 124 Å². The number of aliphatic imine (C=N–C) groups is 1. The quantitative estimate of drug-likeness (QED) is 0.268. The maximum absolute atomic E-state index is 9.34. The Morgan fingerprint density at radius 1 is 1.35 bits per heavy atom. The number of nitrogens with two attached hydrogens (primary N) is 1. The van der Waals surface area contributed by atoms with Crippen molar-refractivity contribution in [2.24, 2.45) is 10.7 Å². The van der Waals surface area contributed by atoms with E-state index in [9.17, 15) is 5.11 Å². The van der Waals surface area contributed by atoms with Crippen LogP contribution in [0, 0.1) is 0 Å². The molecule has 0 atom stereocenters. The molecule has 0 aliphatic rings. The van der Waals surface area contributed by atoms with Gasteiger partial charge in [0.15, 0.2) is 0 Å². The van der Waals surface area contributed by atoms with E-state index in [0.29, 0.717) is 12.4 Å². The highest BCUT2D eigenvalue weighted by Crippen LogP contribution is 2.18. The summed E-state index contributed by atoms with van der Waals surface area (Å²) in [6.45, 7) is 5.65. The lowest BCUT2D eigenvalue weighted by Crippen LogP contribution is -2.23. The average molecular weight is 294 g/mol. The maximum atomic E-state index is 9.34. The summed E-state index contributed by atoms with van der Waals surface area (Å²) in [6, 6.07) is 6.88. The van der Waals surface area contributed by atoms with Crippen LogP contribution in [0.1, 0.15) is 25.8 Å². The smallest absolute Gasteiger partial charge is 0.141 e. The highest BCUT2D eigenvalue weighted by molar-refractivity contribution is 7.96. The van der Waals surface area contributed by atoms with E-state index in [1.165, 1.54) is 18.3 Å². The zero-order valence-electron chi connectivity index (χ0n) is 11.9. The van der Waals surface area contributed by atoms with E-state index in [2.05, 4.69) is 21.4 Å². The summed E-state index contributed by atoms with van der Waals surface area (Å²) in [5.41, 5.74) is 7.44. The van der Waals surface area contributed by atoms with Crippen LogP contribution in [0.2, 0.25) is 0 Å². The fraction of sp³-hybridized carbons (Fsp3) is 0.357. The molecule has 1 aromatic carbocycles. The van der Waals surface area contributed by atoms with Crippen molar-refractivity contribution in [2.75, 3.05) is 13.1 Å². The van der Waals surface area contributed by atoms with Crippen LogP contribution in [0.15, 0.2) is 35.5 Å². The molecule has 6 heteroatoms. The SMILES string of the molecule is CCCNSNC(=NCC)/C(=C\N)c1ccc(O)cc1. The number of nitrogens with zero attached hydrogens (tertiary/aromatic N) is 1. The highest BCUT2D eigenvalue weighted by Gasteiger charge is 2.09. The zero-order chi connectivity index (χ0) is 14.8. The van der Waals surface area contributed by atoms with Gasteiger partial charge >= 0.3 is 0 Å². The average Bonchev–Trinajstić information content (AvgIpc) is 2.46. The predicted molar refractivity (Wildman–Crippen MR) is 87.3 cm³/mol. The number of phenolic OH excluding ortho intramolecular Hbond substituents is 1. The summed E-state index contributed by atoms with van der Waals surface area (Å²) < 4.78 is 6.34. The molecular formula is C14H22N4OS. The van der Waals surface area contributed by atoms with Crippen LogP contribution < -0.4 is 15.2 Å². The molecule has 0 aliphatic carbocycles. The van der Waals surface area contributed by atoms with Crippen LogP contribution >= 0.6 is 12.1 Å². The second-order valence-corrected chi connectivity index (χ2v) is 4.75. The van der Waals surface area contributed by atoms with Crippen molar-refractivity contribution in [3.8, 4) is 5.75 Å². The third-order valence-electron chi connectivity index (χ3n) is 2.49. The van der Waals surface area contributed by atoms with Crippen LogP contribution in [-0.4, -0.2) is 24.0 Å². The van der Waals surface area contributed by atoms with E-state index in [1.807, 2.05) is 19.1 Å². The molecule has 0 spiro atoms. The molecule has 0 radical (unpaired) electrons. The van der Waals surface area contributed by atoms with E-state index in [-0.39, 0.29) is 5.75 Å². The second-order valence-electron chi connectivity index (χ2n) is 4.05. The second kappa shape index (κ2) is 9.28. The van der Waals surface area contributed by atoms with E-state index in [1.54, 1.807) is 12.1 Å². The van der Waals surface area contributed by atoms with Gasteiger partial charge in [0.1, 0.15) is 11.6 Å². The van der Waals surface area contributed by atoms with Crippen LogP contribution in [0.25, 0.3) is 5.57 Å². The Hall–Kier alpha value is -1.66. The molecule has 0 aromatic heterocycles. The van der Waals surface area contributed by atoms with Gasteiger partial charge in [-0.05, 0) is 31.0 Å². The first-order chi connectivity index (χ1) is 9.72. The molecule has 0 fully saturated rings. The fourth-order valence-electron chi connectivity index (χ4n) is 1.52. The van der Waals surface area contributed by atoms with Crippen LogP contribution in [0.3, 0.4) is 0 Å². The van der Waals surface area contributed by atoms with Crippen LogP contribution in [0.4, 0.5) is 0 Å². The normalized spacial score (nSPS) is 12.5. The topological polar surface area (TPSA) is 82.7 Å². The molecule has 0 saturated carbocycles. The van der Waals surface area contributed by atoms with Crippen molar-refractivity contribution in [2.45, 2.75) is 20.3 Å². The molecule has 0 saturated heterocycles. The Morgan fingerprint density at radius 3 is 2.60 bits per heavy atom. The number of aromatic hydroxyl groups is 1. The van der Waals surface area contributed by atoms with Gasteiger partial charge in [0, 0.05) is 37.0 Å². The van der Waals surface area contributed by atoms with Gasteiger partial charge in [0.25, 0.3) is 0 Å². The van der Waals surface area contributed by atoms with E-state index >= 15 is 0 Å². The predicted octanol–water partition coefficient (Wildman–Crippen LogP) is 2.26. The van der Waals surface area contributed by atoms with E-state index < -0.39 is 0 Å². The lowest BCUT2D eigenvalue weighted by atomic mass is 10.1. The summed E-state index contributed by atoms with van der Waals surface area (Å²) in [5, 5.41) is 9.34. The molecule has 110 valence electrons. The summed E-state index contributed by atoms with van der Waals surface area (Å²) in [5.74, 6) is 0.945. The van der Waals surface area contributed by atoms with E-state index in [4.69, 9.17) is 5.73 Å². The fourth-order valence-corrected chi connectivity index (χ4v) is 2.17. The van der Waals surface area contributed by atoms with Gasteiger partial charge in [0.2, 0.25) is 0 Å². The number of hydrogen-bond acceptors (Lipinski definition) is 5. The summed E-state index contributed by atoms with van der Waals surface area (Å²) in [7, 11) is 0. The molecule has 0 bridgehead atoms. The highest BCUT2D eigenvalue weighted by atomic mass is 32.2. The molecular weight excluding hydrogens is 272 g/mol. The van der Waals surface area contributed by atoms with Crippen molar-refractivity contribution >= 4 is 23.5 Å². The Kier molecular flexibility index (Phi) is 7.60. The molecule has 0 aliphatic heterocycles. The number of hydrogen-bond donors (Lipinski definition) is 4. The van der Waals surface area contributed by atoms with Crippen molar-refractivity contribution in [3.05, 3.63) is 36.0 Å². The van der Waals surface area contributed by atoms with Gasteiger partial charge in [-0.2, -0.15) is 0 Å². The van der Waals surface area contributed by atoms with Crippen LogP contribution in [0.5, 0.6) is 5.75 Å². The van der Waals surface area contributed by atoms with Gasteiger partial charge in [-0.15, -0.1) is 0 Å². The Bertz CT molecular complexity index is 457. The van der Waals surface area contributed by atoms with Gasteiger partial charge in [-0.25, -0.2) is 4.72 Å². The largest absolute Gasteiger partial charge is 0.508 e. The molecule has 0 heterocycles. The third kappa shape index (κ3) is 5.14. The zero-order valence-corrected chi connectivity index (χ0v) is 12.7. The lowest BCUT2D eigenvalue weighted by molar-refractivity contribution is 0.475. The standard InChI is InChI=1S/C14H22N4OS/c1-3-9-17-20-18-14(16-4-2)13(10-15)11-5-7-12(19)8-6-11/h5-8,10,17,19H,3-4,9,15H2,1-2H3,(H,16,18)/b13-10-. The minimum atomic E-state index is 0.228. The number of phenols is 1. The number of rotatable bonds is 7. The van der Waals surface area contributed by atoms with E-state index in [0.717, 1.165) is 24.1 Å². The number of benzene rings is 1. The van der Waals surface area contributed by atoms with Crippen molar-refractivity contribution in [1.82, 2.24) is 9.44 Å². The van der Waals surface area contributed by atoms with Crippen molar-refractivity contribution in [3.63, 3.8) is 0 Å². The third-order valence-corrected chi connectivity index (χ3v) is 3.13. The maximum Gasteiger partial charge on any atom is 0.141 e. The molecule has 0 amide bonds. The molecule has 20 heavy (non-hydrogen) atoms.